The number of benzene rings is 2. The normalized spacial score (nSPS) is 10.2. The number of nitrogens with one attached hydrogen (secondary N) is 1. The molecule has 0 atom stereocenters. The van der Waals surface area contributed by atoms with Gasteiger partial charge >= 0.3 is 0 Å². The molecule has 120 valence electrons. The van der Waals surface area contributed by atoms with Crippen LogP contribution in [0.3, 0.4) is 0 Å². The van der Waals surface area contributed by atoms with E-state index >= 15 is 0 Å². The van der Waals surface area contributed by atoms with Crippen LogP contribution in [0.4, 0.5) is 4.39 Å². The number of carbonyl (C=O) groups is 2. The summed E-state index contributed by atoms with van der Waals surface area (Å²) < 4.78 is 19.6. The van der Waals surface area contributed by atoms with Crippen LogP contribution in [0.25, 0.3) is 0 Å². The van der Waals surface area contributed by atoms with E-state index in [4.69, 9.17) is 4.74 Å². The lowest BCUT2D eigenvalue weighted by Gasteiger charge is -2.09. The largest absolute Gasteiger partial charge is 0.484 e. The lowest BCUT2D eigenvalue weighted by molar-refractivity contribution is -0.123. The Labute approximate surface area is 141 Å². The van der Waals surface area contributed by atoms with Gasteiger partial charge in [-0.2, -0.15) is 0 Å². The van der Waals surface area contributed by atoms with Crippen LogP contribution >= 0.6 is 15.9 Å². The molecule has 0 saturated carbocycles. The third-order valence-electron chi connectivity index (χ3n) is 3.11. The molecule has 0 bridgehead atoms. The minimum absolute atomic E-state index is 0.0367. The van der Waals surface area contributed by atoms with Crippen LogP contribution < -0.4 is 10.1 Å². The first kappa shape index (κ1) is 17.1. The molecule has 0 aliphatic rings. The average molecular weight is 380 g/mol. The van der Waals surface area contributed by atoms with Crippen molar-refractivity contribution in [3.8, 4) is 5.75 Å². The molecule has 0 radical (unpaired) electrons. The van der Waals surface area contributed by atoms with E-state index in [1.54, 1.807) is 36.4 Å². The Morgan fingerprint density at radius 3 is 2.52 bits per heavy atom. The van der Waals surface area contributed by atoms with E-state index in [-0.39, 0.29) is 30.7 Å². The second-order valence-electron chi connectivity index (χ2n) is 4.88. The maximum absolute atomic E-state index is 13.5. The van der Waals surface area contributed by atoms with Crippen LogP contribution in [0.1, 0.15) is 22.8 Å². The summed E-state index contributed by atoms with van der Waals surface area (Å²) in [4.78, 5) is 22.9. The minimum Gasteiger partial charge on any atom is -0.484 e. The fourth-order valence-corrected chi connectivity index (χ4v) is 2.27. The van der Waals surface area contributed by atoms with Crippen molar-refractivity contribution in [2.75, 3.05) is 6.61 Å². The quantitative estimate of drug-likeness (QED) is 0.781. The topological polar surface area (TPSA) is 55.4 Å². The number of hydrogen-bond acceptors (Lipinski definition) is 3. The Morgan fingerprint density at radius 1 is 1.17 bits per heavy atom. The molecule has 0 aromatic heterocycles. The van der Waals surface area contributed by atoms with Crippen molar-refractivity contribution < 1.29 is 18.7 Å². The highest BCUT2D eigenvalue weighted by Crippen LogP contribution is 2.15. The molecule has 1 amide bonds. The van der Waals surface area contributed by atoms with Crippen molar-refractivity contribution in [2.24, 2.45) is 0 Å². The summed E-state index contributed by atoms with van der Waals surface area (Å²) in [6.45, 7) is 1.37. The van der Waals surface area contributed by atoms with Crippen LogP contribution in [0, 0.1) is 5.82 Å². The third-order valence-corrected chi connectivity index (χ3v) is 3.61. The molecular formula is C17H15BrFNO3. The second-order valence-corrected chi connectivity index (χ2v) is 5.80. The lowest BCUT2D eigenvalue weighted by Crippen LogP contribution is -2.28. The molecule has 1 N–H and O–H groups in total. The summed E-state index contributed by atoms with van der Waals surface area (Å²) in [6.07, 6.45) is 0. The van der Waals surface area contributed by atoms with Crippen molar-refractivity contribution >= 4 is 27.6 Å². The number of halogens is 2. The predicted molar refractivity (Wildman–Crippen MR) is 87.9 cm³/mol. The van der Waals surface area contributed by atoms with Gasteiger partial charge in [0.15, 0.2) is 12.4 Å². The maximum atomic E-state index is 13.5. The first-order valence-electron chi connectivity index (χ1n) is 6.90. The number of ether oxygens (including phenoxy) is 1. The monoisotopic (exact) mass is 379 g/mol. The lowest BCUT2D eigenvalue weighted by atomic mass is 10.1. The van der Waals surface area contributed by atoms with Crippen molar-refractivity contribution in [2.45, 2.75) is 13.5 Å². The van der Waals surface area contributed by atoms with Gasteiger partial charge in [-0.15, -0.1) is 0 Å². The van der Waals surface area contributed by atoms with Gasteiger partial charge in [0.1, 0.15) is 11.6 Å². The molecule has 0 unspecified atom stereocenters. The van der Waals surface area contributed by atoms with Gasteiger partial charge in [-0.05, 0) is 49.4 Å². The summed E-state index contributed by atoms with van der Waals surface area (Å²) in [7, 11) is 0. The Morgan fingerprint density at radius 2 is 1.87 bits per heavy atom. The van der Waals surface area contributed by atoms with Crippen LogP contribution in [0.2, 0.25) is 0 Å². The number of hydrogen-bond donors (Lipinski definition) is 1. The van der Waals surface area contributed by atoms with E-state index in [0.717, 1.165) is 4.47 Å². The van der Waals surface area contributed by atoms with Crippen molar-refractivity contribution in [1.82, 2.24) is 5.32 Å². The van der Waals surface area contributed by atoms with E-state index in [9.17, 15) is 14.0 Å². The number of amides is 1. The zero-order valence-electron chi connectivity index (χ0n) is 12.4. The highest BCUT2D eigenvalue weighted by Gasteiger charge is 2.07. The maximum Gasteiger partial charge on any atom is 0.258 e. The van der Waals surface area contributed by atoms with Gasteiger partial charge in [0.25, 0.3) is 5.91 Å². The van der Waals surface area contributed by atoms with Crippen molar-refractivity contribution in [3.63, 3.8) is 0 Å². The van der Waals surface area contributed by atoms with Crippen LogP contribution in [0.5, 0.6) is 5.75 Å². The summed E-state index contributed by atoms with van der Waals surface area (Å²) in [5.41, 5.74) is 0.963. The first-order valence-corrected chi connectivity index (χ1v) is 7.69. The predicted octanol–water partition coefficient (Wildman–Crippen LogP) is 3.49. The van der Waals surface area contributed by atoms with Gasteiger partial charge < -0.3 is 10.1 Å². The van der Waals surface area contributed by atoms with Gasteiger partial charge in [-0.25, -0.2) is 4.39 Å². The molecule has 0 heterocycles. The van der Waals surface area contributed by atoms with Gasteiger partial charge in [0.05, 0.1) is 0 Å². The van der Waals surface area contributed by atoms with E-state index in [2.05, 4.69) is 21.2 Å². The standard InChI is InChI=1S/C17H15BrFNO3/c1-11(21)12-2-5-15(6-3-12)23-10-17(22)20-9-13-8-14(18)4-7-16(13)19/h2-8H,9-10H2,1H3,(H,20,22). The Hall–Kier alpha value is -2.21. The zero-order chi connectivity index (χ0) is 16.8. The average Bonchev–Trinajstić information content (AvgIpc) is 2.54. The van der Waals surface area contributed by atoms with E-state index < -0.39 is 0 Å². The van der Waals surface area contributed by atoms with E-state index in [1.807, 2.05) is 0 Å². The number of carbonyl (C=O) groups excluding carboxylic acids is 2. The molecule has 2 aromatic carbocycles. The molecule has 23 heavy (non-hydrogen) atoms. The van der Waals surface area contributed by atoms with E-state index in [0.29, 0.717) is 16.9 Å². The molecule has 6 heteroatoms. The fraction of sp³-hybridized carbons (Fsp3) is 0.176. The summed E-state index contributed by atoms with van der Waals surface area (Å²) >= 11 is 3.25. The molecule has 0 aliphatic heterocycles. The molecule has 2 rings (SSSR count). The Bertz CT molecular complexity index is 716. The molecule has 2 aromatic rings. The van der Waals surface area contributed by atoms with Gasteiger partial charge in [-0.3, -0.25) is 9.59 Å². The SMILES string of the molecule is CC(=O)c1ccc(OCC(=O)NCc2cc(Br)ccc2F)cc1. The third kappa shape index (κ3) is 5.17. The Balaban J connectivity index is 1.83. The van der Waals surface area contributed by atoms with Crippen LogP contribution in [-0.4, -0.2) is 18.3 Å². The molecule has 0 saturated heterocycles. The number of rotatable bonds is 6. The van der Waals surface area contributed by atoms with Crippen LogP contribution in [0.15, 0.2) is 46.9 Å². The van der Waals surface area contributed by atoms with Gasteiger partial charge in [0, 0.05) is 22.1 Å². The highest BCUT2D eigenvalue weighted by atomic mass is 79.9. The zero-order valence-corrected chi connectivity index (χ0v) is 14.0. The number of ketones is 1. The van der Waals surface area contributed by atoms with Crippen molar-refractivity contribution in [3.05, 3.63) is 63.9 Å². The van der Waals surface area contributed by atoms with Gasteiger partial charge in [-0.1, -0.05) is 15.9 Å². The number of Topliss-reactive ketones (excluding diaryl/α,β-unsaturated/α-hetero) is 1. The van der Waals surface area contributed by atoms with Gasteiger partial charge in [0.2, 0.25) is 0 Å². The van der Waals surface area contributed by atoms with Crippen LogP contribution in [-0.2, 0) is 11.3 Å². The van der Waals surface area contributed by atoms with E-state index in [1.165, 1.54) is 13.0 Å². The summed E-state index contributed by atoms with van der Waals surface area (Å²) in [5, 5.41) is 2.59. The summed E-state index contributed by atoms with van der Waals surface area (Å²) in [5.74, 6) is -0.293. The molecule has 0 fully saturated rings. The fourth-order valence-electron chi connectivity index (χ4n) is 1.86. The highest BCUT2D eigenvalue weighted by molar-refractivity contribution is 9.10. The summed E-state index contributed by atoms with van der Waals surface area (Å²) in [6, 6.07) is 11.0. The van der Waals surface area contributed by atoms with Crippen molar-refractivity contribution in [1.29, 1.82) is 0 Å². The molecule has 4 nitrogen and oxygen atoms in total. The molecular weight excluding hydrogens is 365 g/mol. The first-order chi connectivity index (χ1) is 11.0. The molecule has 0 aliphatic carbocycles. The smallest absolute Gasteiger partial charge is 0.258 e. The Kier molecular flexibility index (Phi) is 5.87. The second kappa shape index (κ2) is 7.87. The molecule has 0 spiro atoms. The minimum atomic E-state index is -0.380.